The van der Waals surface area contributed by atoms with Crippen molar-refractivity contribution in [2.75, 3.05) is 49.5 Å². The van der Waals surface area contributed by atoms with Crippen molar-refractivity contribution >= 4 is 105 Å². The zero-order valence-electron chi connectivity index (χ0n) is 64.4. The quantitative estimate of drug-likeness (QED) is 0.0447. The molecule has 4 aliphatic carbocycles. The number of aliphatic hydroxyl groups excluding tert-OH is 4. The number of benzene rings is 6. The van der Waals surface area contributed by atoms with Crippen LogP contribution in [0.15, 0.2) is 189 Å². The van der Waals surface area contributed by atoms with Crippen molar-refractivity contribution in [3.05, 3.63) is 265 Å². The predicted octanol–water partition coefficient (Wildman–Crippen LogP) is 14.6. The minimum Gasteiger partial charge on any atom is -0.508 e. The van der Waals surface area contributed by atoms with Crippen LogP contribution < -0.4 is 49.5 Å². The van der Waals surface area contributed by atoms with E-state index in [9.17, 15) is 25.5 Å². The van der Waals surface area contributed by atoms with Crippen LogP contribution >= 0.6 is 46.4 Å². The smallest absolute Gasteiger partial charge is 0.222 e. The summed E-state index contributed by atoms with van der Waals surface area (Å²) in [7, 11) is 0. The van der Waals surface area contributed by atoms with Crippen LogP contribution in [-0.2, 0) is 0 Å². The number of nitrogen functional groups attached to an aromatic ring is 4. The van der Waals surface area contributed by atoms with E-state index in [0.717, 1.165) is 153 Å². The van der Waals surface area contributed by atoms with Gasteiger partial charge in [0.1, 0.15) is 35.3 Å². The predicted molar refractivity (Wildman–Crippen MR) is 469 cm³/mol. The van der Waals surface area contributed by atoms with Gasteiger partial charge < -0.3 is 75.1 Å². The third-order valence-corrected chi connectivity index (χ3v) is 20.1. The van der Waals surface area contributed by atoms with Gasteiger partial charge in [-0.05, 0) is 236 Å². The molecule has 4 aliphatic rings. The summed E-state index contributed by atoms with van der Waals surface area (Å²) in [5, 5.41) is 67.2. The number of aromatic hydroxyl groups is 1. The third kappa shape index (κ3) is 29.1. The third-order valence-electron chi connectivity index (χ3n) is 19.1. The molecule has 118 heavy (non-hydrogen) atoms. The fraction of sp³-hybridized carbons (Fsp3) is 0.267. The second-order valence-corrected chi connectivity index (χ2v) is 29.9. The van der Waals surface area contributed by atoms with Crippen molar-refractivity contribution in [3.8, 4) is 65.0 Å². The van der Waals surface area contributed by atoms with Crippen LogP contribution in [0.1, 0.15) is 158 Å². The molecule has 5 aromatic heterocycles. The fourth-order valence-electron chi connectivity index (χ4n) is 12.6. The SMILES string of the molecule is Nc1ncc(C#Cc2ccc(Cl)cc2)c(N[C@H]2CC[C@@H](O)CC2)n1.Nc1ncc(C#Cc2ccc(Cl)cc2)c(N[C@H]2CC[C@H](O)CC2)n1.Nc1ncc(C#Cc2ccc(Cl)cc2)c(Nc2ccc(O)cc2)n1.Nc1ncc(C#Cc2ccccc2)c(N[C@H]2CC[C@H](O)CC2)n1.O[C@H]1CC[C@H](Nc2ncncc2C#Cc2ccc(Cl)cc2)CC1. The number of nitrogens with zero attached hydrogens (tertiary/aromatic N) is 10. The molecule has 0 radical (unpaired) electrons. The number of phenolic OH excluding ortho intramolecular Hbond substituents is 1. The minimum atomic E-state index is -0.192. The van der Waals surface area contributed by atoms with E-state index in [0.29, 0.717) is 66.1 Å². The van der Waals surface area contributed by atoms with E-state index in [4.69, 9.17) is 69.3 Å². The Labute approximate surface area is 706 Å². The zero-order valence-corrected chi connectivity index (χ0v) is 67.4. The van der Waals surface area contributed by atoms with Crippen molar-refractivity contribution < 1.29 is 25.5 Å². The average molecular weight is 1660 g/mol. The van der Waals surface area contributed by atoms with Gasteiger partial charge in [0.15, 0.2) is 5.82 Å². The summed E-state index contributed by atoms with van der Waals surface area (Å²) in [6.45, 7) is 0. The van der Waals surface area contributed by atoms with Gasteiger partial charge in [-0.15, -0.1) is 0 Å². The molecule has 0 atom stereocenters. The van der Waals surface area contributed by atoms with Crippen LogP contribution in [0.3, 0.4) is 0 Å². The lowest BCUT2D eigenvalue weighted by Gasteiger charge is -2.26. The molecular formula is C90H89Cl4N19O5. The molecular weight excluding hydrogens is 1570 g/mol. The highest BCUT2D eigenvalue weighted by Crippen LogP contribution is 2.29. The molecule has 6 aromatic carbocycles. The van der Waals surface area contributed by atoms with E-state index in [2.05, 4.69) is 136 Å². The van der Waals surface area contributed by atoms with E-state index >= 15 is 0 Å². The lowest BCUT2D eigenvalue weighted by molar-refractivity contribution is 0.125. The highest BCUT2D eigenvalue weighted by atomic mass is 35.5. The summed E-state index contributed by atoms with van der Waals surface area (Å²) in [5.74, 6) is 35.0. The van der Waals surface area contributed by atoms with Crippen LogP contribution in [-0.4, -0.2) is 124 Å². The Bertz CT molecular complexity index is 5290. The Morgan fingerprint density at radius 2 is 0.551 bits per heavy atom. The molecule has 0 amide bonds. The molecule has 24 nitrogen and oxygen atoms in total. The van der Waals surface area contributed by atoms with Gasteiger partial charge in [-0.2, -0.15) is 19.9 Å². The molecule has 11 aromatic rings. The Hall–Kier alpha value is -12.5. The van der Waals surface area contributed by atoms with Crippen molar-refractivity contribution in [3.63, 3.8) is 0 Å². The number of phenols is 1. The second kappa shape index (κ2) is 44.6. The lowest BCUT2D eigenvalue weighted by atomic mass is 9.93. The molecule has 18 N–H and O–H groups in total. The molecule has 5 heterocycles. The number of rotatable bonds is 10. The number of anilines is 10. The van der Waals surface area contributed by atoms with E-state index in [1.54, 1.807) is 91.6 Å². The summed E-state index contributed by atoms with van der Waals surface area (Å²) in [4.78, 5) is 41.5. The van der Waals surface area contributed by atoms with Gasteiger partial charge >= 0.3 is 0 Å². The molecule has 0 saturated heterocycles. The first-order valence-electron chi connectivity index (χ1n) is 38.5. The summed E-state index contributed by atoms with van der Waals surface area (Å²) in [5.41, 5.74) is 31.4. The van der Waals surface area contributed by atoms with Gasteiger partial charge in [-0.25, -0.2) is 29.9 Å². The lowest BCUT2D eigenvalue weighted by Crippen LogP contribution is -2.29. The summed E-state index contributed by atoms with van der Waals surface area (Å²) >= 11 is 23.5. The molecule has 0 aliphatic heterocycles. The molecule has 4 fully saturated rings. The maximum Gasteiger partial charge on any atom is 0.222 e. The molecule has 602 valence electrons. The summed E-state index contributed by atoms with van der Waals surface area (Å²) in [6, 6.07) is 46.8. The second-order valence-electron chi connectivity index (χ2n) is 28.2. The molecule has 0 spiro atoms. The van der Waals surface area contributed by atoms with Crippen LogP contribution in [0, 0.1) is 59.2 Å². The van der Waals surface area contributed by atoms with Gasteiger partial charge in [0.2, 0.25) is 23.8 Å². The minimum absolute atomic E-state index is 0.147. The van der Waals surface area contributed by atoms with Gasteiger partial charge in [-0.3, -0.25) is 0 Å². The highest BCUT2D eigenvalue weighted by Gasteiger charge is 2.25. The van der Waals surface area contributed by atoms with Crippen LogP contribution in [0.4, 0.5) is 58.6 Å². The average Bonchev–Trinajstić information content (AvgIpc) is 0.864. The van der Waals surface area contributed by atoms with Crippen molar-refractivity contribution in [2.24, 2.45) is 0 Å². The highest BCUT2D eigenvalue weighted by molar-refractivity contribution is 6.31. The number of nitrogens with two attached hydrogens (primary N) is 4. The Balaban J connectivity index is 0.000000145. The Morgan fingerprint density at radius 1 is 0.288 bits per heavy atom. The van der Waals surface area contributed by atoms with Gasteiger partial charge in [0.05, 0.1) is 77.0 Å². The zero-order chi connectivity index (χ0) is 83.0. The van der Waals surface area contributed by atoms with E-state index in [1.807, 2.05) is 91.0 Å². The van der Waals surface area contributed by atoms with Gasteiger partial charge in [0, 0.05) is 84.0 Å². The van der Waals surface area contributed by atoms with Crippen molar-refractivity contribution in [2.45, 2.75) is 151 Å². The van der Waals surface area contributed by atoms with Crippen molar-refractivity contribution in [1.82, 2.24) is 49.8 Å². The number of halogens is 4. The number of hydrogen-bond acceptors (Lipinski definition) is 24. The first-order valence-corrected chi connectivity index (χ1v) is 40.0. The number of hydrogen-bond donors (Lipinski definition) is 14. The molecule has 0 bridgehead atoms. The first kappa shape index (κ1) is 86.4. The summed E-state index contributed by atoms with van der Waals surface area (Å²) < 4.78 is 0. The molecule has 0 unspecified atom stereocenters. The fourth-order valence-corrected chi connectivity index (χ4v) is 13.1. The summed E-state index contributed by atoms with van der Waals surface area (Å²) in [6.07, 6.45) is 22.7. The number of aromatic nitrogens is 10. The monoisotopic (exact) mass is 1660 g/mol. The van der Waals surface area contributed by atoms with E-state index in [-0.39, 0.29) is 72.1 Å². The van der Waals surface area contributed by atoms with E-state index < -0.39 is 0 Å². The van der Waals surface area contributed by atoms with E-state index in [1.165, 1.54) is 6.33 Å². The normalized spacial score (nSPS) is 18.1. The van der Waals surface area contributed by atoms with Crippen LogP contribution in [0.25, 0.3) is 0 Å². The maximum absolute atomic E-state index is 9.62. The molecule has 4 saturated carbocycles. The van der Waals surface area contributed by atoms with Gasteiger partial charge in [-0.1, -0.05) is 124 Å². The standard InChI is InChI=1S/2C18H19ClN4O.C18H13ClN4O.C18H18ClN3O.C18H20N4O/c3*19-14-5-2-12(3-6-14)1-4-13-11-21-18(20)23-17(13)22-15-7-9-16(24)10-8-15;19-15-5-2-13(3-6-15)1-4-14-11-20-12-21-18(14)22-16-7-9-17(23)10-8-16;19-18-20-12-14(7-6-13-4-2-1-3-5-13)17(22-18)21-15-8-10-16(23)11-9-15/h2*2-3,5-6,11,15-16,24H,7-10H2,(H3,20,21,22,23);2-3,5-11,24H,(H3,20,21,22,23);2-3,5-6,11-12,16-17,23H,7-10H2,(H,20,21,22);1-5,12,15-16,23H,8-11H2,(H3,19,20,21,22)/t15-,16+;15-,16-;;16-,17-;15-,16-. The first-order chi connectivity index (χ1) is 57.2. The Kier molecular flexibility index (Phi) is 32.6. The topological polar surface area (TPSA) is 394 Å². The van der Waals surface area contributed by atoms with Crippen molar-refractivity contribution in [1.29, 1.82) is 0 Å². The van der Waals surface area contributed by atoms with Crippen LogP contribution in [0.2, 0.25) is 20.1 Å². The Morgan fingerprint density at radius 3 is 0.856 bits per heavy atom. The van der Waals surface area contributed by atoms with Gasteiger partial charge in [0.25, 0.3) is 0 Å². The molecule has 15 rings (SSSR count). The molecule has 28 heteroatoms. The number of aliphatic hydroxyl groups is 4. The maximum atomic E-state index is 9.62. The largest absolute Gasteiger partial charge is 0.508 e. The van der Waals surface area contributed by atoms with Crippen LogP contribution in [0.5, 0.6) is 5.75 Å². The number of nitrogens with one attached hydrogen (secondary N) is 5.